The van der Waals surface area contributed by atoms with Gasteiger partial charge in [-0.2, -0.15) is 0 Å². The predicted octanol–water partition coefficient (Wildman–Crippen LogP) is 2.63. The lowest BCUT2D eigenvalue weighted by molar-refractivity contribution is -0.274. The maximum absolute atomic E-state index is 14.2. The molecule has 0 bridgehead atoms. The molecular weight excluding hydrogens is 422 g/mol. The summed E-state index contributed by atoms with van der Waals surface area (Å²) in [4.78, 5) is 28.0. The van der Waals surface area contributed by atoms with E-state index >= 15 is 0 Å². The fourth-order valence-electron chi connectivity index (χ4n) is 3.88. The zero-order valence-electron chi connectivity index (χ0n) is 17.0. The third kappa shape index (κ3) is 6.22. The number of nitrogens with zero attached hydrogens (tertiary/aromatic N) is 2. The first-order chi connectivity index (χ1) is 14.6. The van der Waals surface area contributed by atoms with Gasteiger partial charge in [-0.25, -0.2) is 9.18 Å². The Kier molecular flexibility index (Phi) is 6.93. The maximum atomic E-state index is 14.2. The largest absolute Gasteiger partial charge is 0.573 e. The smallest absolute Gasteiger partial charge is 0.406 e. The zero-order chi connectivity index (χ0) is 22.8. The average molecular weight is 447 g/mol. The molecule has 1 saturated heterocycles. The SMILES string of the molecule is CC(=O)N1C[C@H](CO)C[C@@H](N(C(=O)NCc2ccc(OC(F)(F)F)cc2F)C2CC2)C1. The summed E-state index contributed by atoms with van der Waals surface area (Å²) in [5.41, 5.74) is 0.0147. The van der Waals surface area contributed by atoms with Gasteiger partial charge in [-0.05, 0) is 25.3 Å². The second-order valence-electron chi connectivity index (χ2n) is 7.96. The minimum Gasteiger partial charge on any atom is -0.406 e. The van der Waals surface area contributed by atoms with E-state index in [9.17, 15) is 32.3 Å². The number of hydrogen-bond donors (Lipinski definition) is 2. The Hall–Kier alpha value is -2.56. The molecule has 1 heterocycles. The first-order valence-corrected chi connectivity index (χ1v) is 10.0. The van der Waals surface area contributed by atoms with Crippen molar-refractivity contribution in [3.05, 3.63) is 29.6 Å². The molecule has 0 spiro atoms. The Bertz CT molecular complexity index is 816. The highest BCUT2D eigenvalue weighted by Crippen LogP contribution is 2.33. The first kappa shape index (κ1) is 23.1. The van der Waals surface area contributed by atoms with E-state index in [2.05, 4.69) is 10.1 Å². The molecular formula is C20H25F4N3O4. The Balaban J connectivity index is 1.66. The molecule has 2 atom stereocenters. The molecule has 2 N–H and O–H groups in total. The first-order valence-electron chi connectivity index (χ1n) is 10.0. The quantitative estimate of drug-likeness (QED) is 0.657. The minimum atomic E-state index is -4.92. The van der Waals surface area contributed by atoms with Crippen LogP contribution in [-0.2, 0) is 11.3 Å². The van der Waals surface area contributed by atoms with Gasteiger partial charge in [-0.1, -0.05) is 6.07 Å². The molecule has 3 rings (SSSR count). The van der Waals surface area contributed by atoms with E-state index in [1.807, 2.05) is 0 Å². The van der Waals surface area contributed by atoms with Crippen molar-refractivity contribution in [3.63, 3.8) is 0 Å². The standard InChI is InChI=1S/C20H25F4N3O4/c1-12(29)26-9-13(11-28)6-16(10-26)27(15-3-4-15)19(30)25-8-14-2-5-17(7-18(14)21)31-20(22,23)24/h2,5,7,13,15-16,28H,3-4,6,8-11H2,1H3,(H,25,30)/t13-,16-/m1/s1. The molecule has 1 aliphatic carbocycles. The number of nitrogens with one attached hydrogen (secondary N) is 1. The molecule has 1 aliphatic heterocycles. The molecule has 1 aromatic rings. The van der Waals surface area contributed by atoms with Gasteiger partial charge in [-0.3, -0.25) is 4.79 Å². The van der Waals surface area contributed by atoms with Gasteiger partial charge < -0.3 is 25.0 Å². The lowest BCUT2D eigenvalue weighted by Crippen LogP contribution is -2.57. The highest BCUT2D eigenvalue weighted by Gasteiger charge is 2.41. The van der Waals surface area contributed by atoms with Crippen LogP contribution in [0.4, 0.5) is 22.4 Å². The van der Waals surface area contributed by atoms with E-state index in [-0.39, 0.29) is 42.6 Å². The summed E-state index contributed by atoms with van der Waals surface area (Å²) in [6, 6.07) is 2.00. The second kappa shape index (κ2) is 9.29. The lowest BCUT2D eigenvalue weighted by atomic mass is 9.93. The van der Waals surface area contributed by atoms with Crippen molar-refractivity contribution in [3.8, 4) is 5.75 Å². The predicted molar refractivity (Wildman–Crippen MR) is 101 cm³/mol. The van der Waals surface area contributed by atoms with E-state index in [1.54, 1.807) is 9.80 Å². The van der Waals surface area contributed by atoms with Crippen molar-refractivity contribution < 1.29 is 37.0 Å². The van der Waals surface area contributed by atoms with Crippen LogP contribution in [0.15, 0.2) is 18.2 Å². The van der Waals surface area contributed by atoms with Crippen LogP contribution in [0.3, 0.4) is 0 Å². The fraction of sp³-hybridized carbons (Fsp3) is 0.600. The molecule has 31 heavy (non-hydrogen) atoms. The number of amides is 3. The summed E-state index contributed by atoms with van der Waals surface area (Å²) >= 11 is 0. The summed E-state index contributed by atoms with van der Waals surface area (Å²) in [7, 11) is 0. The number of urea groups is 1. The minimum absolute atomic E-state index is 0.00339. The van der Waals surface area contributed by atoms with E-state index < -0.39 is 24.0 Å². The van der Waals surface area contributed by atoms with Crippen molar-refractivity contribution in [1.82, 2.24) is 15.1 Å². The van der Waals surface area contributed by atoms with E-state index in [0.717, 1.165) is 25.0 Å². The number of hydrogen-bond acceptors (Lipinski definition) is 4. The number of rotatable bonds is 6. The number of ether oxygens (including phenoxy) is 1. The molecule has 1 saturated carbocycles. The molecule has 11 heteroatoms. The van der Waals surface area contributed by atoms with Gasteiger partial charge in [0.25, 0.3) is 0 Å². The summed E-state index contributed by atoms with van der Waals surface area (Å²) in [6.07, 6.45) is -2.76. The summed E-state index contributed by atoms with van der Waals surface area (Å²) < 4.78 is 54.6. The topological polar surface area (TPSA) is 82.1 Å². The number of benzene rings is 1. The van der Waals surface area contributed by atoms with Crippen molar-refractivity contribution >= 4 is 11.9 Å². The number of aliphatic hydroxyl groups excluding tert-OH is 1. The highest BCUT2D eigenvalue weighted by molar-refractivity contribution is 5.76. The van der Waals surface area contributed by atoms with Gasteiger partial charge in [0.15, 0.2) is 0 Å². The van der Waals surface area contributed by atoms with Gasteiger partial charge in [0.1, 0.15) is 11.6 Å². The zero-order valence-corrected chi connectivity index (χ0v) is 17.0. The lowest BCUT2D eigenvalue weighted by Gasteiger charge is -2.42. The van der Waals surface area contributed by atoms with Gasteiger partial charge >= 0.3 is 12.4 Å². The molecule has 2 fully saturated rings. The van der Waals surface area contributed by atoms with Gasteiger partial charge in [0.05, 0.1) is 6.04 Å². The second-order valence-corrected chi connectivity index (χ2v) is 7.96. The van der Waals surface area contributed by atoms with Crippen LogP contribution in [0.25, 0.3) is 0 Å². The summed E-state index contributed by atoms with van der Waals surface area (Å²) in [5.74, 6) is -1.89. The molecule has 0 unspecified atom stereocenters. The van der Waals surface area contributed by atoms with Crippen LogP contribution in [0.5, 0.6) is 5.75 Å². The van der Waals surface area contributed by atoms with E-state index in [4.69, 9.17) is 0 Å². The van der Waals surface area contributed by atoms with Crippen molar-refractivity contribution in [2.24, 2.45) is 5.92 Å². The summed E-state index contributed by atoms with van der Waals surface area (Å²) in [6.45, 7) is 1.91. The Morgan fingerprint density at radius 3 is 2.52 bits per heavy atom. The van der Waals surface area contributed by atoms with Crippen molar-refractivity contribution in [2.75, 3.05) is 19.7 Å². The van der Waals surface area contributed by atoms with Gasteiger partial charge in [0.2, 0.25) is 5.91 Å². The molecule has 7 nitrogen and oxygen atoms in total. The normalized spacial score (nSPS) is 21.5. The van der Waals surface area contributed by atoms with Crippen LogP contribution in [0.1, 0.15) is 31.7 Å². The number of carbonyl (C=O) groups excluding carboxylic acids is 2. The Morgan fingerprint density at radius 2 is 1.97 bits per heavy atom. The van der Waals surface area contributed by atoms with E-state index in [1.165, 1.54) is 6.92 Å². The number of carbonyl (C=O) groups is 2. The third-order valence-electron chi connectivity index (χ3n) is 5.47. The third-order valence-corrected chi connectivity index (χ3v) is 5.47. The fourth-order valence-corrected chi connectivity index (χ4v) is 3.88. The summed E-state index contributed by atoms with van der Waals surface area (Å²) in [5, 5.41) is 12.2. The van der Waals surface area contributed by atoms with Gasteiger partial charge in [0, 0.05) is 56.8 Å². The number of likely N-dealkylation sites (tertiary alicyclic amines) is 1. The number of halogens is 4. The number of piperidine rings is 1. The van der Waals surface area contributed by atoms with Crippen molar-refractivity contribution in [2.45, 2.75) is 51.2 Å². The van der Waals surface area contributed by atoms with Crippen LogP contribution in [0.2, 0.25) is 0 Å². The molecule has 0 radical (unpaired) electrons. The molecule has 2 aliphatic rings. The number of alkyl halides is 3. The molecule has 0 aromatic heterocycles. The molecule has 172 valence electrons. The molecule has 3 amide bonds. The highest BCUT2D eigenvalue weighted by atomic mass is 19.4. The van der Waals surface area contributed by atoms with Crippen LogP contribution in [0, 0.1) is 11.7 Å². The van der Waals surface area contributed by atoms with Gasteiger partial charge in [-0.15, -0.1) is 13.2 Å². The van der Waals surface area contributed by atoms with Crippen LogP contribution < -0.4 is 10.1 Å². The Labute approximate surface area is 176 Å². The van der Waals surface area contributed by atoms with E-state index in [0.29, 0.717) is 25.6 Å². The molecule has 1 aromatic carbocycles. The Morgan fingerprint density at radius 1 is 1.26 bits per heavy atom. The maximum Gasteiger partial charge on any atom is 0.573 e. The van der Waals surface area contributed by atoms with Crippen molar-refractivity contribution in [1.29, 1.82) is 0 Å². The average Bonchev–Trinajstić information content (AvgIpc) is 3.51. The monoisotopic (exact) mass is 447 g/mol. The van der Waals surface area contributed by atoms with Crippen LogP contribution in [-0.4, -0.2) is 65.0 Å². The number of aliphatic hydroxyl groups is 1. The van der Waals surface area contributed by atoms with Crippen LogP contribution >= 0.6 is 0 Å².